The molecule has 4 nitrogen and oxygen atoms in total. The first kappa shape index (κ1) is 12.8. The molecule has 1 unspecified atom stereocenters. The lowest BCUT2D eigenvalue weighted by atomic mass is 10.0. The van der Waals surface area contributed by atoms with Crippen molar-refractivity contribution >= 4 is 11.7 Å². The third kappa shape index (κ3) is 2.44. The largest absolute Gasteiger partial charge is 0.381 e. The van der Waals surface area contributed by atoms with Gasteiger partial charge in [0, 0.05) is 19.3 Å². The van der Waals surface area contributed by atoms with Crippen molar-refractivity contribution in [1.82, 2.24) is 9.88 Å². The zero-order valence-corrected chi connectivity index (χ0v) is 10.5. The van der Waals surface area contributed by atoms with E-state index >= 15 is 0 Å². The third-order valence-corrected chi connectivity index (χ3v) is 3.42. The number of carbonyl (C=O) groups excluding carboxylic acids is 1. The molecule has 18 heavy (non-hydrogen) atoms. The van der Waals surface area contributed by atoms with Crippen molar-refractivity contribution in [2.75, 3.05) is 18.8 Å². The number of nitrogens with zero attached hydrogens (tertiary/aromatic N) is 2. The first-order valence-electron chi connectivity index (χ1n) is 6.32. The van der Waals surface area contributed by atoms with E-state index < -0.39 is 5.82 Å². The van der Waals surface area contributed by atoms with Crippen LogP contribution in [0.15, 0.2) is 12.3 Å². The van der Waals surface area contributed by atoms with E-state index in [-0.39, 0.29) is 17.3 Å². The molecule has 0 aromatic carbocycles. The maximum Gasteiger partial charge on any atom is 0.257 e. The topological polar surface area (TPSA) is 59.2 Å². The van der Waals surface area contributed by atoms with Gasteiger partial charge in [-0.3, -0.25) is 4.79 Å². The molecule has 0 bridgehead atoms. The highest BCUT2D eigenvalue weighted by molar-refractivity contribution is 5.95. The number of carbonyl (C=O) groups is 1. The van der Waals surface area contributed by atoms with Gasteiger partial charge < -0.3 is 10.6 Å². The summed E-state index contributed by atoms with van der Waals surface area (Å²) >= 11 is 0. The van der Waals surface area contributed by atoms with Gasteiger partial charge in [0.1, 0.15) is 0 Å². The van der Waals surface area contributed by atoms with Gasteiger partial charge >= 0.3 is 0 Å². The second-order valence-corrected chi connectivity index (χ2v) is 4.75. The number of aromatic nitrogens is 1. The first-order chi connectivity index (χ1) is 8.63. The predicted octanol–water partition coefficient (Wildman–Crippen LogP) is 2.07. The standard InChI is InChI=1S/C13H18FN3O/c1-2-3-9-5-7-17(8-9)13(18)10-4-6-16-12(15)11(10)14/h4,6,9H,2-3,5,7-8H2,1H3,(H2,15,16). The Hall–Kier alpha value is -1.65. The van der Waals surface area contributed by atoms with Gasteiger partial charge in [0.05, 0.1) is 5.56 Å². The van der Waals surface area contributed by atoms with Crippen molar-refractivity contribution in [1.29, 1.82) is 0 Å². The number of halogens is 1. The van der Waals surface area contributed by atoms with Crippen LogP contribution in [0, 0.1) is 11.7 Å². The maximum atomic E-state index is 13.7. The number of pyridine rings is 1. The number of amides is 1. The average molecular weight is 251 g/mol. The molecule has 2 heterocycles. The van der Waals surface area contributed by atoms with Crippen LogP contribution in [0.25, 0.3) is 0 Å². The molecule has 1 saturated heterocycles. The summed E-state index contributed by atoms with van der Waals surface area (Å²) in [4.78, 5) is 17.5. The van der Waals surface area contributed by atoms with E-state index in [1.807, 2.05) is 0 Å². The van der Waals surface area contributed by atoms with E-state index in [4.69, 9.17) is 5.73 Å². The molecule has 98 valence electrons. The van der Waals surface area contributed by atoms with E-state index in [1.165, 1.54) is 12.3 Å². The van der Waals surface area contributed by atoms with Crippen molar-refractivity contribution in [2.45, 2.75) is 26.2 Å². The average Bonchev–Trinajstić information content (AvgIpc) is 2.81. The van der Waals surface area contributed by atoms with Crippen LogP contribution in [0.2, 0.25) is 0 Å². The molecular weight excluding hydrogens is 233 g/mol. The lowest BCUT2D eigenvalue weighted by Crippen LogP contribution is -2.29. The molecule has 0 aliphatic carbocycles. The normalized spacial score (nSPS) is 19.2. The van der Waals surface area contributed by atoms with Crippen LogP contribution in [0.4, 0.5) is 10.2 Å². The number of nitrogen functional groups attached to an aromatic ring is 1. The van der Waals surface area contributed by atoms with Gasteiger partial charge in [-0.25, -0.2) is 9.37 Å². The monoisotopic (exact) mass is 251 g/mol. The van der Waals surface area contributed by atoms with Crippen LogP contribution in [0.1, 0.15) is 36.5 Å². The minimum atomic E-state index is -0.707. The van der Waals surface area contributed by atoms with E-state index in [1.54, 1.807) is 4.90 Å². The fourth-order valence-corrected chi connectivity index (χ4v) is 2.46. The lowest BCUT2D eigenvalue weighted by Gasteiger charge is -2.17. The summed E-state index contributed by atoms with van der Waals surface area (Å²) in [5.74, 6) is -0.659. The number of nitrogens with two attached hydrogens (primary N) is 1. The number of rotatable bonds is 3. The molecule has 1 amide bonds. The smallest absolute Gasteiger partial charge is 0.257 e. The minimum absolute atomic E-state index is 0.0275. The summed E-state index contributed by atoms with van der Waals surface area (Å²) in [5.41, 5.74) is 5.40. The molecule has 2 rings (SSSR count). The Kier molecular flexibility index (Phi) is 3.79. The molecule has 1 fully saturated rings. The quantitative estimate of drug-likeness (QED) is 0.894. The van der Waals surface area contributed by atoms with E-state index in [0.29, 0.717) is 19.0 Å². The van der Waals surface area contributed by atoms with Gasteiger partial charge in [0.25, 0.3) is 5.91 Å². The minimum Gasteiger partial charge on any atom is -0.381 e. The van der Waals surface area contributed by atoms with E-state index in [0.717, 1.165) is 19.3 Å². The van der Waals surface area contributed by atoms with E-state index in [2.05, 4.69) is 11.9 Å². The molecule has 0 saturated carbocycles. The summed E-state index contributed by atoms with van der Waals surface area (Å²) in [6, 6.07) is 1.39. The summed E-state index contributed by atoms with van der Waals surface area (Å²) in [6.07, 6.45) is 4.60. The Morgan fingerprint density at radius 2 is 2.44 bits per heavy atom. The highest BCUT2D eigenvalue weighted by Gasteiger charge is 2.28. The van der Waals surface area contributed by atoms with Crippen molar-refractivity contribution in [3.63, 3.8) is 0 Å². The predicted molar refractivity (Wildman–Crippen MR) is 67.5 cm³/mol. The molecule has 1 aromatic rings. The molecule has 1 aliphatic heterocycles. The Morgan fingerprint density at radius 1 is 1.67 bits per heavy atom. The van der Waals surface area contributed by atoms with Crippen molar-refractivity contribution in [3.05, 3.63) is 23.6 Å². The highest BCUT2D eigenvalue weighted by Crippen LogP contribution is 2.23. The van der Waals surface area contributed by atoms with Crippen LogP contribution in [-0.4, -0.2) is 28.9 Å². The van der Waals surface area contributed by atoms with Crippen LogP contribution in [0.5, 0.6) is 0 Å². The summed E-state index contributed by atoms with van der Waals surface area (Å²) in [6.45, 7) is 3.55. The zero-order chi connectivity index (χ0) is 13.1. The van der Waals surface area contributed by atoms with Gasteiger partial charge in [-0.05, 0) is 24.8 Å². The molecular formula is C13H18FN3O. The number of likely N-dealkylation sites (tertiary alicyclic amines) is 1. The first-order valence-corrected chi connectivity index (χ1v) is 6.32. The fraction of sp³-hybridized carbons (Fsp3) is 0.538. The molecule has 0 spiro atoms. The molecule has 5 heteroatoms. The van der Waals surface area contributed by atoms with Gasteiger partial charge in [-0.1, -0.05) is 13.3 Å². The second-order valence-electron chi connectivity index (χ2n) is 4.75. The number of anilines is 1. The number of hydrogen-bond acceptors (Lipinski definition) is 3. The highest BCUT2D eigenvalue weighted by atomic mass is 19.1. The molecule has 1 atom stereocenters. The Morgan fingerprint density at radius 3 is 3.17 bits per heavy atom. The summed E-state index contributed by atoms with van der Waals surface area (Å²) in [5, 5.41) is 0. The van der Waals surface area contributed by atoms with Crippen LogP contribution in [0.3, 0.4) is 0 Å². The van der Waals surface area contributed by atoms with Gasteiger partial charge in [-0.15, -0.1) is 0 Å². The fourth-order valence-electron chi connectivity index (χ4n) is 2.46. The SMILES string of the molecule is CCCC1CCN(C(=O)c2ccnc(N)c2F)C1. The third-order valence-electron chi connectivity index (χ3n) is 3.42. The molecule has 2 N–H and O–H groups in total. The number of hydrogen-bond donors (Lipinski definition) is 1. The van der Waals surface area contributed by atoms with Crippen LogP contribution in [-0.2, 0) is 0 Å². The van der Waals surface area contributed by atoms with Gasteiger partial charge in [0.2, 0.25) is 0 Å². The van der Waals surface area contributed by atoms with Crippen molar-refractivity contribution < 1.29 is 9.18 Å². The van der Waals surface area contributed by atoms with Crippen LogP contribution >= 0.6 is 0 Å². The van der Waals surface area contributed by atoms with E-state index in [9.17, 15) is 9.18 Å². The molecule has 0 radical (unpaired) electrons. The zero-order valence-electron chi connectivity index (χ0n) is 10.5. The Labute approximate surface area is 106 Å². The van der Waals surface area contributed by atoms with Gasteiger partial charge in [-0.2, -0.15) is 0 Å². The second kappa shape index (κ2) is 5.33. The Balaban J connectivity index is 2.11. The molecule has 1 aromatic heterocycles. The molecule has 1 aliphatic rings. The maximum absolute atomic E-state index is 13.7. The summed E-state index contributed by atoms with van der Waals surface area (Å²) in [7, 11) is 0. The summed E-state index contributed by atoms with van der Waals surface area (Å²) < 4.78 is 13.7. The van der Waals surface area contributed by atoms with Crippen LogP contribution < -0.4 is 5.73 Å². The van der Waals surface area contributed by atoms with Crippen molar-refractivity contribution in [3.8, 4) is 0 Å². The Bertz CT molecular complexity index is 450. The lowest BCUT2D eigenvalue weighted by molar-refractivity contribution is 0.0782. The van der Waals surface area contributed by atoms with Gasteiger partial charge in [0.15, 0.2) is 11.6 Å². The van der Waals surface area contributed by atoms with Crippen molar-refractivity contribution in [2.24, 2.45) is 5.92 Å².